The van der Waals surface area contributed by atoms with E-state index in [-0.39, 0.29) is 19.2 Å². The maximum absolute atomic E-state index is 11.6. The fourth-order valence-electron chi connectivity index (χ4n) is 1.73. The third-order valence-corrected chi connectivity index (χ3v) is 3.03. The van der Waals surface area contributed by atoms with Crippen LogP contribution in [0.15, 0.2) is 30.3 Å². The Labute approximate surface area is 153 Å². The van der Waals surface area contributed by atoms with Crippen LogP contribution in [0.3, 0.4) is 0 Å². The normalized spacial score (nSPS) is 10.5. The summed E-state index contributed by atoms with van der Waals surface area (Å²) in [6, 6.07) is 8.80. The number of carbonyl (C=O) groups is 2. The van der Waals surface area contributed by atoms with Crippen molar-refractivity contribution in [2.24, 2.45) is 0 Å². The molecular formula is C18H26O8. The highest BCUT2D eigenvalue weighted by molar-refractivity contribution is 5.89. The van der Waals surface area contributed by atoms with E-state index in [9.17, 15) is 9.59 Å². The van der Waals surface area contributed by atoms with E-state index >= 15 is 0 Å². The molecule has 0 saturated heterocycles. The summed E-state index contributed by atoms with van der Waals surface area (Å²) in [4.78, 5) is 22.4. The van der Waals surface area contributed by atoms with Gasteiger partial charge in [-0.25, -0.2) is 9.59 Å². The predicted octanol–water partition coefficient (Wildman–Crippen LogP) is 1.08. The summed E-state index contributed by atoms with van der Waals surface area (Å²) >= 11 is 0. The van der Waals surface area contributed by atoms with Gasteiger partial charge >= 0.3 is 11.9 Å². The van der Waals surface area contributed by atoms with E-state index in [1.807, 2.05) is 6.07 Å². The molecule has 26 heavy (non-hydrogen) atoms. The third kappa shape index (κ3) is 11.5. The largest absolute Gasteiger partial charge is 0.467 e. The van der Waals surface area contributed by atoms with Crippen LogP contribution in [0.25, 0.3) is 0 Å². The quantitative estimate of drug-likeness (QED) is 0.335. The molecule has 1 rings (SSSR count). The molecule has 0 heterocycles. The average Bonchev–Trinajstić information content (AvgIpc) is 2.68. The minimum absolute atomic E-state index is 0.0750. The zero-order valence-electron chi connectivity index (χ0n) is 15.0. The molecule has 0 aliphatic rings. The van der Waals surface area contributed by atoms with E-state index in [2.05, 4.69) is 4.74 Å². The molecule has 0 N–H and O–H groups in total. The highest BCUT2D eigenvalue weighted by atomic mass is 16.6. The summed E-state index contributed by atoms with van der Waals surface area (Å²) in [6.07, 6.45) is 0. The van der Waals surface area contributed by atoms with Gasteiger partial charge in [0.1, 0.15) is 13.2 Å². The first-order valence-electron chi connectivity index (χ1n) is 8.34. The standard InChI is InChI=1S/C18H26O8/c1-21-17(19)15-25-12-11-23-8-7-22-9-10-24-13-14-26-18(20)16-5-3-2-4-6-16/h2-6H,7-15H2,1H3. The Balaban J connectivity index is 1.80. The van der Waals surface area contributed by atoms with Gasteiger partial charge < -0.3 is 28.4 Å². The number of carbonyl (C=O) groups excluding carboxylic acids is 2. The molecule has 8 heteroatoms. The molecule has 0 aromatic heterocycles. The Hall–Kier alpha value is -2.00. The molecule has 1 aromatic rings. The van der Waals surface area contributed by atoms with Gasteiger partial charge in [-0.15, -0.1) is 0 Å². The Bertz CT molecular complexity index is 491. The maximum atomic E-state index is 11.6. The summed E-state index contributed by atoms with van der Waals surface area (Å²) in [7, 11) is 1.31. The number of benzene rings is 1. The van der Waals surface area contributed by atoms with Crippen LogP contribution >= 0.6 is 0 Å². The average molecular weight is 370 g/mol. The molecule has 0 aliphatic carbocycles. The molecule has 0 spiro atoms. The Kier molecular flexibility index (Phi) is 12.9. The molecule has 0 fully saturated rings. The van der Waals surface area contributed by atoms with Crippen LogP contribution in [0.4, 0.5) is 0 Å². The lowest BCUT2D eigenvalue weighted by atomic mass is 10.2. The Morgan fingerprint density at radius 3 is 1.77 bits per heavy atom. The first-order valence-corrected chi connectivity index (χ1v) is 8.34. The number of hydrogen-bond acceptors (Lipinski definition) is 8. The molecule has 146 valence electrons. The van der Waals surface area contributed by atoms with Gasteiger partial charge in [0, 0.05) is 0 Å². The van der Waals surface area contributed by atoms with E-state index in [1.165, 1.54) is 7.11 Å². The second-order valence-corrected chi connectivity index (χ2v) is 4.97. The minimum Gasteiger partial charge on any atom is -0.467 e. The molecule has 0 aliphatic heterocycles. The van der Waals surface area contributed by atoms with Crippen molar-refractivity contribution < 1.29 is 38.0 Å². The van der Waals surface area contributed by atoms with Crippen LogP contribution in [0.1, 0.15) is 10.4 Å². The Morgan fingerprint density at radius 1 is 0.731 bits per heavy atom. The van der Waals surface area contributed by atoms with Crippen molar-refractivity contribution in [1.29, 1.82) is 0 Å². The first-order chi connectivity index (χ1) is 12.7. The molecular weight excluding hydrogens is 344 g/mol. The minimum atomic E-state index is -0.414. The maximum Gasteiger partial charge on any atom is 0.338 e. The fraction of sp³-hybridized carbons (Fsp3) is 0.556. The van der Waals surface area contributed by atoms with Gasteiger partial charge in [-0.05, 0) is 12.1 Å². The molecule has 0 unspecified atom stereocenters. The molecule has 0 atom stereocenters. The van der Waals surface area contributed by atoms with Gasteiger partial charge in [-0.3, -0.25) is 0 Å². The molecule has 8 nitrogen and oxygen atoms in total. The lowest BCUT2D eigenvalue weighted by Gasteiger charge is -2.08. The number of hydrogen-bond donors (Lipinski definition) is 0. The van der Waals surface area contributed by atoms with Gasteiger partial charge in [0.15, 0.2) is 0 Å². The zero-order chi connectivity index (χ0) is 18.9. The summed E-state index contributed by atoms with van der Waals surface area (Å²) in [6.45, 7) is 2.83. The second-order valence-electron chi connectivity index (χ2n) is 4.97. The van der Waals surface area contributed by atoms with Crippen molar-refractivity contribution in [2.75, 3.05) is 66.6 Å². The van der Waals surface area contributed by atoms with Crippen LogP contribution in [0, 0.1) is 0 Å². The monoisotopic (exact) mass is 370 g/mol. The number of rotatable bonds is 15. The number of methoxy groups -OCH3 is 1. The fourth-order valence-corrected chi connectivity index (χ4v) is 1.73. The van der Waals surface area contributed by atoms with E-state index in [1.54, 1.807) is 24.3 Å². The molecule has 0 amide bonds. The summed E-state index contributed by atoms with van der Waals surface area (Å²) in [5, 5.41) is 0. The second kappa shape index (κ2) is 15.3. The number of esters is 2. The van der Waals surface area contributed by atoms with Crippen molar-refractivity contribution >= 4 is 11.9 Å². The van der Waals surface area contributed by atoms with Crippen molar-refractivity contribution in [3.05, 3.63) is 35.9 Å². The van der Waals surface area contributed by atoms with Crippen molar-refractivity contribution in [3.8, 4) is 0 Å². The van der Waals surface area contributed by atoms with E-state index in [0.717, 1.165) is 0 Å². The van der Waals surface area contributed by atoms with Crippen LogP contribution in [0.5, 0.6) is 0 Å². The smallest absolute Gasteiger partial charge is 0.338 e. The molecule has 0 bridgehead atoms. The van der Waals surface area contributed by atoms with Crippen LogP contribution in [-0.2, 0) is 33.2 Å². The van der Waals surface area contributed by atoms with Crippen LogP contribution < -0.4 is 0 Å². The predicted molar refractivity (Wildman–Crippen MR) is 92.0 cm³/mol. The summed E-state index contributed by atoms with van der Waals surface area (Å²) in [5.41, 5.74) is 0.520. The summed E-state index contributed by atoms with van der Waals surface area (Å²) < 4.78 is 30.4. The van der Waals surface area contributed by atoms with Gasteiger partial charge in [-0.1, -0.05) is 18.2 Å². The van der Waals surface area contributed by atoms with Crippen LogP contribution in [0.2, 0.25) is 0 Å². The van der Waals surface area contributed by atoms with Crippen molar-refractivity contribution in [2.45, 2.75) is 0 Å². The Morgan fingerprint density at radius 2 is 1.23 bits per heavy atom. The molecule has 0 saturated carbocycles. The topological polar surface area (TPSA) is 89.5 Å². The van der Waals surface area contributed by atoms with E-state index in [0.29, 0.717) is 51.8 Å². The zero-order valence-corrected chi connectivity index (χ0v) is 15.0. The van der Waals surface area contributed by atoms with Crippen molar-refractivity contribution in [3.63, 3.8) is 0 Å². The number of ether oxygens (including phenoxy) is 6. The SMILES string of the molecule is COC(=O)COCCOCCOCCOCCOC(=O)c1ccccc1. The summed E-state index contributed by atoms with van der Waals surface area (Å²) in [5.74, 6) is -0.777. The van der Waals surface area contributed by atoms with Crippen molar-refractivity contribution in [1.82, 2.24) is 0 Å². The lowest BCUT2D eigenvalue weighted by Crippen LogP contribution is -2.16. The van der Waals surface area contributed by atoms with Gasteiger partial charge in [-0.2, -0.15) is 0 Å². The van der Waals surface area contributed by atoms with E-state index < -0.39 is 5.97 Å². The van der Waals surface area contributed by atoms with Gasteiger partial charge in [0.25, 0.3) is 0 Å². The van der Waals surface area contributed by atoms with E-state index in [4.69, 9.17) is 23.7 Å². The first kappa shape index (κ1) is 22.0. The highest BCUT2D eigenvalue weighted by Crippen LogP contribution is 2.00. The van der Waals surface area contributed by atoms with Gasteiger partial charge in [0.05, 0.1) is 58.9 Å². The van der Waals surface area contributed by atoms with Crippen LogP contribution in [-0.4, -0.2) is 78.5 Å². The highest BCUT2D eigenvalue weighted by Gasteiger charge is 2.05. The molecule has 1 aromatic carbocycles. The van der Waals surface area contributed by atoms with Gasteiger partial charge in [0.2, 0.25) is 0 Å². The lowest BCUT2D eigenvalue weighted by molar-refractivity contribution is -0.146. The molecule has 0 radical (unpaired) electrons. The third-order valence-electron chi connectivity index (χ3n) is 3.03.